The van der Waals surface area contributed by atoms with Crippen molar-refractivity contribution in [1.82, 2.24) is 5.32 Å². The van der Waals surface area contributed by atoms with E-state index in [0.29, 0.717) is 22.0 Å². The van der Waals surface area contributed by atoms with E-state index in [2.05, 4.69) is 31.4 Å². The average Bonchev–Trinajstić information content (AvgIpc) is 3.06. The molecule has 1 fully saturated rings. The van der Waals surface area contributed by atoms with Gasteiger partial charge in [0.25, 0.3) is 5.69 Å². The van der Waals surface area contributed by atoms with Crippen LogP contribution in [0.1, 0.15) is 29.3 Å². The van der Waals surface area contributed by atoms with Crippen LogP contribution in [0.15, 0.2) is 63.2 Å². The zero-order valence-corrected chi connectivity index (χ0v) is 17.6. The Hall–Kier alpha value is -2.85. The molecule has 10 heteroatoms. The fraction of sp³-hybridized carbons (Fsp3) is 0.158. The highest BCUT2D eigenvalue weighted by Gasteiger charge is 2.32. The maximum absolute atomic E-state index is 12.4. The first-order chi connectivity index (χ1) is 13.8. The quantitative estimate of drug-likeness (QED) is 0.294. The van der Waals surface area contributed by atoms with Crippen molar-refractivity contribution in [1.29, 1.82) is 0 Å². The SMILES string of the molecule is C/C(=N\N=C1/NC(=O)C(CC(=O)c2ccc(Br)cc2)S1)c1ccc([N+](=O)[O-])cc1. The van der Waals surface area contributed by atoms with Crippen LogP contribution in [0.4, 0.5) is 5.69 Å². The summed E-state index contributed by atoms with van der Waals surface area (Å²) < 4.78 is 0.873. The molecule has 3 rings (SSSR count). The van der Waals surface area contributed by atoms with Crippen LogP contribution >= 0.6 is 27.7 Å². The number of Topliss-reactive ketones (excluding diaryl/α,β-unsaturated/α-hetero) is 1. The maximum Gasteiger partial charge on any atom is 0.269 e. The molecule has 1 aliphatic heterocycles. The Morgan fingerprint density at radius 1 is 1.17 bits per heavy atom. The molecule has 1 heterocycles. The van der Waals surface area contributed by atoms with Gasteiger partial charge in [0.2, 0.25) is 5.91 Å². The molecule has 0 spiro atoms. The predicted molar refractivity (Wildman–Crippen MR) is 115 cm³/mol. The number of benzene rings is 2. The van der Waals surface area contributed by atoms with Crippen molar-refractivity contribution in [2.45, 2.75) is 18.6 Å². The van der Waals surface area contributed by atoms with E-state index in [1.807, 2.05) is 0 Å². The van der Waals surface area contributed by atoms with Crippen LogP contribution in [0.25, 0.3) is 0 Å². The number of nitrogens with one attached hydrogen (secondary N) is 1. The lowest BCUT2D eigenvalue weighted by Gasteiger charge is -2.04. The fourth-order valence-corrected chi connectivity index (χ4v) is 3.69. The van der Waals surface area contributed by atoms with Crippen molar-refractivity contribution in [2.24, 2.45) is 10.2 Å². The number of halogens is 1. The summed E-state index contributed by atoms with van der Waals surface area (Å²) >= 11 is 4.47. The molecular weight excluding hydrogens is 460 g/mol. The summed E-state index contributed by atoms with van der Waals surface area (Å²) in [4.78, 5) is 34.7. The first kappa shape index (κ1) is 20.9. The monoisotopic (exact) mass is 474 g/mol. The van der Waals surface area contributed by atoms with E-state index in [4.69, 9.17) is 0 Å². The smallest absolute Gasteiger partial charge is 0.269 e. The van der Waals surface area contributed by atoms with Gasteiger partial charge in [0.1, 0.15) is 0 Å². The van der Waals surface area contributed by atoms with Gasteiger partial charge in [0.15, 0.2) is 11.0 Å². The molecular formula is C19H15BrN4O4S. The summed E-state index contributed by atoms with van der Waals surface area (Å²) in [5, 5.41) is 21.2. The highest BCUT2D eigenvalue weighted by molar-refractivity contribution is 9.10. The Morgan fingerprint density at radius 3 is 2.41 bits per heavy atom. The molecule has 1 saturated heterocycles. The third-order valence-electron chi connectivity index (χ3n) is 4.10. The standard InChI is InChI=1S/C19H15BrN4O4S/c1-11(12-4-8-15(9-5-12)24(27)28)22-23-19-21-18(26)17(29-19)10-16(25)13-2-6-14(20)7-3-13/h2-9,17H,10H2,1H3,(H,21,23,26)/b22-11+. The number of non-ortho nitro benzene ring substituents is 1. The third-order valence-corrected chi connectivity index (χ3v) is 5.70. The Labute approximate surface area is 178 Å². The number of hydrogen-bond acceptors (Lipinski definition) is 7. The molecule has 29 heavy (non-hydrogen) atoms. The number of nitro groups is 1. The van der Waals surface area contributed by atoms with Crippen molar-refractivity contribution in [3.63, 3.8) is 0 Å². The molecule has 8 nitrogen and oxygen atoms in total. The molecule has 0 radical (unpaired) electrons. The van der Waals surface area contributed by atoms with E-state index in [1.54, 1.807) is 43.3 Å². The van der Waals surface area contributed by atoms with E-state index in [9.17, 15) is 19.7 Å². The molecule has 1 N–H and O–H groups in total. The summed E-state index contributed by atoms with van der Waals surface area (Å²) in [6, 6.07) is 12.9. The predicted octanol–water partition coefficient (Wildman–Crippen LogP) is 3.94. The van der Waals surface area contributed by atoms with Gasteiger partial charge in [-0.05, 0) is 36.8 Å². The number of amidine groups is 1. The van der Waals surface area contributed by atoms with Crippen LogP contribution < -0.4 is 5.32 Å². The van der Waals surface area contributed by atoms with Gasteiger partial charge in [-0.2, -0.15) is 5.10 Å². The van der Waals surface area contributed by atoms with Gasteiger partial charge in [-0.1, -0.05) is 39.8 Å². The highest BCUT2D eigenvalue weighted by atomic mass is 79.9. The number of amides is 1. The van der Waals surface area contributed by atoms with Crippen molar-refractivity contribution < 1.29 is 14.5 Å². The third kappa shape index (κ3) is 5.36. The average molecular weight is 475 g/mol. The van der Waals surface area contributed by atoms with Crippen molar-refractivity contribution in [3.05, 3.63) is 74.2 Å². The second-order valence-electron chi connectivity index (χ2n) is 6.12. The molecule has 1 atom stereocenters. The minimum atomic E-state index is -0.570. The summed E-state index contributed by atoms with van der Waals surface area (Å²) in [7, 11) is 0. The van der Waals surface area contributed by atoms with Gasteiger partial charge in [-0.3, -0.25) is 19.7 Å². The lowest BCUT2D eigenvalue weighted by molar-refractivity contribution is -0.384. The number of hydrogen-bond donors (Lipinski definition) is 1. The summed E-state index contributed by atoms with van der Waals surface area (Å²) in [6.45, 7) is 1.71. The van der Waals surface area contributed by atoms with Crippen LogP contribution in [0.2, 0.25) is 0 Å². The van der Waals surface area contributed by atoms with Crippen molar-refractivity contribution >= 4 is 55.9 Å². The lowest BCUT2D eigenvalue weighted by atomic mass is 10.1. The molecule has 2 aromatic rings. The highest BCUT2D eigenvalue weighted by Crippen LogP contribution is 2.24. The number of nitrogens with zero attached hydrogens (tertiary/aromatic N) is 3. The normalized spacial score (nSPS) is 18.0. The van der Waals surface area contributed by atoms with Gasteiger partial charge in [-0.25, -0.2) is 0 Å². The number of carbonyl (C=O) groups is 2. The second-order valence-corrected chi connectivity index (χ2v) is 8.23. The zero-order chi connectivity index (χ0) is 21.0. The van der Waals surface area contributed by atoms with Crippen LogP contribution in [0.5, 0.6) is 0 Å². The molecule has 1 unspecified atom stereocenters. The molecule has 1 aliphatic rings. The molecule has 2 aromatic carbocycles. The van der Waals surface area contributed by atoms with E-state index in [0.717, 1.165) is 16.2 Å². The van der Waals surface area contributed by atoms with Crippen LogP contribution in [0.3, 0.4) is 0 Å². The molecule has 1 amide bonds. The number of carbonyl (C=O) groups excluding carboxylic acids is 2. The van der Waals surface area contributed by atoms with Gasteiger partial charge in [0, 0.05) is 28.6 Å². The summed E-state index contributed by atoms with van der Waals surface area (Å²) in [5.41, 5.74) is 1.75. The minimum Gasteiger partial charge on any atom is -0.303 e. The second kappa shape index (κ2) is 9.10. The largest absolute Gasteiger partial charge is 0.303 e. The number of rotatable bonds is 6. The Bertz CT molecular complexity index is 1020. The van der Waals surface area contributed by atoms with Gasteiger partial charge in [0.05, 0.1) is 15.9 Å². The fourth-order valence-electron chi connectivity index (χ4n) is 2.51. The van der Waals surface area contributed by atoms with Crippen LogP contribution in [-0.2, 0) is 4.79 Å². The van der Waals surface area contributed by atoms with Gasteiger partial charge < -0.3 is 5.32 Å². The molecule has 0 aliphatic carbocycles. The maximum atomic E-state index is 12.4. The number of thioether (sulfide) groups is 1. The van der Waals surface area contributed by atoms with Gasteiger partial charge >= 0.3 is 0 Å². The number of nitro benzene ring substituents is 1. The summed E-state index contributed by atoms with van der Waals surface area (Å²) in [6.07, 6.45) is 0.0577. The molecule has 148 valence electrons. The topological polar surface area (TPSA) is 114 Å². The van der Waals surface area contributed by atoms with Crippen molar-refractivity contribution in [3.8, 4) is 0 Å². The molecule has 0 saturated carbocycles. The Morgan fingerprint density at radius 2 is 1.79 bits per heavy atom. The Balaban J connectivity index is 1.64. The molecule has 0 bridgehead atoms. The Kier molecular flexibility index (Phi) is 6.55. The van der Waals surface area contributed by atoms with Crippen molar-refractivity contribution in [2.75, 3.05) is 0 Å². The van der Waals surface area contributed by atoms with E-state index < -0.39 is 10.2 Å². The number of ketones is 1. The first-order valence-corrected chi connectivity index (χ1v) is 10.1. The van der Waals surface area contributed by atoms with Crippen LogP contribution in [-0.4, -0.2) is 32.7 Å². The van der Waals surface area contributed by atoms with Gasteiger partial charge in [-0.15, -0.1) is 5.10 Å². The molecule has 0 aromatic heterocycles. The lowest BCUT2D eigenvalue weighted by Crippen LogP contribution is -2.26. The minimum absolute atomic E-state index is 0.00948. The van der Waals surface area contributed by atoms with E-state index >= 15 is 0 Å². The first-order valence-electron chi connectivity index (χ1n) is 8.47. The van der Waals surface area contributed by atoms with E-state index in [1.165, 1.54) is 12.1 Å². The zero-order valence-electron chi connectivity index (χ0n) is 15.2. The summed E-state index contributed by atoms with van der Waals surface area (Å²) in [5.74, 6) is -0.417. The van der Waals surface area contributed by atoms with Crippen LogP contribution in [0, 0.1) is 10.1 Å². The van der Waals surface area contributed by atoms with E-state index in [-0.39, 0.29) is 23.8 Å².